The zero-order valence-electron chi connectivity index (χ0n) is 2.66. The van der Waals surface area contributed by atoms with Crippen LogP contribution < -0.4 is 0 Å². The van der Waals surface area contributed by atoms with E-state index in [4.69, 9.17) is 10.5 Å². The van der Waals surface area contributed by atoms with E-state index in [0.717, 1.165) is 0 Å². The molecule has 0 atom stereocenters. The first-order valence-electron chi connectivity index (χ1n) is 0.365. The predicted octanol–water partition coefficient (Wildman–Crippen LogP) is -0.553. The minimum Gasteiger partial charge on any atom is -2.00 e. The van der Waals surface area contributed by atoms with Gasteiger partial charge in [0.05, 0.1) is 0 Å². The van der Waals surface area contributed by atoms with E-state index in [1.165, 1.54) is 0 Å². The average Bonchev–Trinajstić information content (AvgIpc) is 0.918. The van der Waals surface area contributed by atoms with Gasteiger partial charge >= 0.3 is 46.1 Å². The molecule has 0 aliphatic carbocycles. The van der Waals surface area contributed by atoms with Crippen molar-refractivity contribution in [1.29, 1.82) is 0 Å². The molecule has 0 saturated heterocycles. The maximum absolute atomic E-state index is 6.62. The van der Waals surface area contributed by atoms with Crippen LogP contribution in [0.1, 0.15) is 0 Å². The van der Waals surface area contributed by atoms with Crippen LogP contribution >= 0.6 is 0 Å². The standard InChI is InChI=1S/H2O3.O.Sb.Ti/c1-3-2;;;/h1-2H;;;/q;-2;+3;+4. The van der Waals surface area contributed by atoms with Crippen LogP contribution in [-0.4, -0.2) is 34.9 Å². The van der Waals surface area contributed by atoms with E-state index >= 15 is 0 Å². The Balaban J connectivity index is -0.00000000667. The van der Waals surface area contributed by atoms with Crippen molar-refractivity contribution in [2.45, 2.75) is 0 Å². The molecule has 30 valence electrons. The number of hydrogen-bond donors (Lipinski definition) is 2. The summed E-state index contributed by atoms with van der Waals surface area (Å²) >= 11 is 0. The predicted molar refractivity (Wildman–Crippen MR) is 12.8 cm³/mol. The Kier molecular flexibility index (Phi) is 143. The van der Waals surface area contributed by atoms with Crippen LogP contribution in [0.25, 0.3) is 0 Å². The molecular weight excluding hydrogens is 234 g/mol. The average molecular weight is 236 g/mol. The van der Waals surface area contributed by atoms with E-state index in [0.29, 0.717) is 0 Å². The van der Waals surface area contributed by atoms with Gasteiger partial charge in [0, 0.05) is 0 Å². The zero-order chi connectivity index (χ0) is 2.71. The van der Waals surface area contributed by atoms with E-state index in [2.05, 4.69) is 5.04 Å². The molecule has 0 aliphatic rings. The van der Waals surface area contributed by atoms with Crippen LogP contribution in [0.5, 0.6) is 0 Å². The Hall–Kier alpha value is 1.37. The zero-order valence-corrected chi connectivity index (χ0v) is 6.77. The molecule has 0 bridgehead atoms. The van der Waals surface area contributed by atoms with Gasteiger partial charge in [0.25, 0.3) is 0 Å². The summed E-state index contributed by atoms with van der Waals surface area (Å²) in [5, 5.41) is 15.5. The molecule has 6 heavy (non-hydrogen) atoms. The molecule has 0 heterocycles. The molecule has 0 aliphatic heterocycles. The van der Waals surface area contributed by atoms with Crippen molar-refractivity contribution in [3.05, 3.63) is 0 Å². The molecule has 2 radical (unpaired) electrons. The Bertz CT molecular complexity index is 7.51. The maximum atomic E-state index is 6.62. The van der Waals surface area contributed by atoms with Crippen molar-refractivity contribution in [2.75, 3.05) is 0 Å². The number of rotatable bonds is 0. The topological polar surface area (TPSA) is 78.2 Å². The van der Waals surface area contributed by atoms with E-state index < -0.39 is 0 Å². The smallest absolute Gasteiger partial charge is 2.00 e. The molecular formula is H2O4SbTi+5. The molecule has 0 saturated carbocycles. The molecule has 0 unspecified atom stereocenters. The molecule has 0 fully saturated rings. The SMILES string of the molecule is OOO.[O-2].[Sb+3].[Ti+4]. The van der Waals surface area contributed by atoms with Crippen LogP contribution in [0.3, 0.4) is 0 Å². The molecule has 2 N–H and O–H groups in total. The summed E-state index contributed by atoms with van der Waals surface area (Å²) in [7, 11) is 0. The molecule has 0 aromatic rings. The molecule has 0 aromatic heterocycles. The Morgan fingerprint density at radius 3 is 1.17 bits per heavy atom. The van der Waals surface area contributed by atoms with Crippen LogP contribution in [0.15, 0.2) is 0 Å². The molecule has 0 rings (SSSR count). The molecule has 0 aromatic carbocycles. The second kappa shape index (κ2) is 32.7. The third-order valence-corrected chi connectivity index (χ3v) is 0. The van der Waals surface area contributed by atoms with E-state index in [1.54, 1.807) is 0 Å². The fourth-order valence-corrected chi connectivity index (χ4v) is 0. The molecule has 0 spiro atoms. The first kappa shape index (κ1) is 26.3. The van der Waals surface area contributed by atoms with Gasteiger partial charge < -0.3 is 5.48 Å². The summed E-state index contributed by atoms with van der Waals surface area (Å²) in [4.78, 5) is 0. The van der Waals surface area contributed by atoms with Gasteiger partial charge in [-0.2, -0.15) is 0 Å². The maximum Gasteiger partial charge on any atom is 4.00 e. The molecule has 6 heteroatoms. The second-order valence-electron chi connectivity index (χ2n) is 0.0816. The van der Waals surface area contributed by atoms with E-state index in [1.807, 2.05) is 0 Å². The Morgan fingerprint density at radius 1 is 1.17 bits per heavy atom. The minimum atomic E-state index is 0. The van der Waals surface area contributed by atoms with Gasteiger partial charge in [-0.25, -0.2) is 10.5 Å². The van der Waals surface area contributed by atoms with Gasteiger partial charge in [0.15, 0.2) is 0 Å². The number of hydrogen-bond acceptors (Lipinski definition) is 3. The molecule has 0 amide bonds. The van der Waals surface area contributed by atoms with Gasteiger partial charge in [-0.15, -0.1) is 0 Å². The van der Waals surface area contributed by atoms with Crippen molar-refractivity contribution in [3.63, 3.8) is 0 Å². The first-order chi connectivity index (χ1) is 1.41. The molecule has 4 nitrogen and oxygen atoms in total. The fourth-order valence-electron chi connectivity index (χ4n) is 0. The van der Waals surface area contributed by atoms with E-state index in [-0.39, 0.29) is 51.6 Å². The van der Waals surface area contributed by atoms with Gasteiger partial charge in [0.1, 0.15) is 0 Å². The van der Waals surface area contributed by atoms with Crippen molar-refractivity contribution in [1.82, 2.24) is 0 Å². The Labute approximate surface area is 67.0 Å². The van der Waals surface area contributed by atoms with Crippen molar-refractivity contribution in [3.8, 4) is 0 Å². The van der Waals surface area contributed by atoms with Gasteiger partial charge in [-0.1, -0.05) is 5.04 Å². The summed E-state index contributed by atoms with van der Waals surface area (Å²) < 4.78 is 0. The summed E-state index contributed by atoms with van der Waals surface area (Å²) in [6, 6.07) is 0. The van der Waals surface area contributed by atoms with Crippen molar-refractivity contribution in [2.24, 2.45) is 0 Å². The minimum absolute atomic E-state index is 0. The second-order valence-corrected chi connectivity index (χ2v) is 0.0816. The summed E-state index contributed by atoms with van der Waals surface area (Å²) in [6.07, 6.45) is 0. The van der Waals surface area contributed by atoms with E-state index in [9.17, 15) is 0 Å². The first-order valence-corrected chi connectivity index (χ1v) is 0.365. The largest absolute Gasteiger partial charge is 4.00 e. The quantitative estimate of drug-likeness (QED) is 0.336. The van der Waals surface area contributed by atoms with Crippen LogP contribution in [0, 0.1) is 0 Å². The van der Waals surface area contributed by atoms with Crippen LogP contribution in [0.2, 0.25) is 0 Å². The van der Waals surface area contributed by atoms with Gasteiger partial charge in [0.2, 0.25) is 0 Å². The van der Waals surface area contributed by atoms with Crippen LogP contribution in [0.4, 0.5) is 0 Å². The van der Waals surface area contributed by atoms with Crippen molar-refractivity contribution >= 4 is 24.4 Å². The summed E-state index contributed by atoms with van der Waals surface area (Å²) in [5.41, 5.74) is 0. The van der Waals surface area contributed by atoms with Gasteiger partial charge in [-0.3, -0.25) is 0 Å². The summed E-state index contributed by atoms with van der Waals surface area (Å²) in [5.74, 6) is 0. The third-order valence-electron chi connectivity index (χ3n) is 0. The summed E-state index contributed by atoms with van der Waals surface area (Å²) in [6.45, 7) is 0. The fraction of sp³-hybridized carbons (Fsp3) is 0. The third kappa shape index (κ3) is 54.5. The van der Waals surface area contributed by atoms with Crippen LogP contribution in [-0.2, 0) is 32.2 Å². The monoisotopic (exact) mass is 235 g/mol. The van der Waals surface area contributed by atoms with Crippen molar-refractivity contribution < 1.29 is 42.7 Å². The van der Waals surface area contributed by atoms with Gasteiger partial charge in [-0.05, 0) is 0 Å². The Morgan fingerprint density at radius 2 is 1.17 bits per heavy atom. The normalized spacial score (nSPS) is 3.00.